The monoisotopic (exact) mass is 394 g/mol. The highest BCUT2D eigenvalue weighted by molar-refractivity contribution is 5.61. The first-order valence-corrected chi connectivity index (χ1v) is 10.7. The molecule has 150 valence electrons. The lowest BCUT2D eigenvalue weighted by Crippen LogP contribution is -2.30. The van der Waals surface area contributed by atoms with Crippen molar-refractivity contribution in [3.63, 3.8) is 0 Å². The molecule has 0 amide bonds. The third-order valence-corrected chi connectivity index (χ3v) is 5.66. The summed E-state index contributed by atoms with van der Waals surface area (Å²) in [5.41, 5.74) is 7.55. The molecule has 30 heavy (non-hydrogen) atoms. The van der Waals surface area contributed by atoms with Gasteiger partial charge in [-0.05, 0) is 34.1 Å². The van der Waals surface area contributed by atoms with E-state index in [9.17, 15) is 0 Å². The Morgan fingerprint density at radius 1 is 0.500 bits per heavy atom. The first-order valence-electron chi connectivity index (χ1n) is 10.7. The highest BCUT2D eigenvalue weighted by atomic mass is 14.9. The number of rotatable bonds is 5. The van der Waals surface area contributed by atoms with Crippen LogP contribution in [0.1, 0.15) is 50.7 Å². The van der Waals surface area contributed by atoms with Crippen molar-refractivity contribution in [2.45, 2.75) is 39.5 Å². The fraction of sp³-hybridized carbons (Fsp3) is 0.214. The highest BCUT2D eigenvalue weighted by Crippen LogP contribution is 2.19. The number of nitrogens with zero attached hydrogens (tertiary/aromatic N) is 2. The molecule has 4 rings (SSSR count). The summed E-state index contributed by atoms with van der Waals surface area (Å²) >= 11 is 0. The van der Waals surface area contributed by atoms with Crippen molar-refractivity contribution in [1.82, 2.24) is 0 Å². The second-order valence-corrected chi connectivity index (χ2v) is 8.49. The molecule has 0 radical (unpaired) electrons. The van der Waals surface area contributed by atoms with Gasteiger partial charge >= 0.3 is 0 Å². The van der Waals surface area contributed by atoms with Crippen LogP contribution < -0.4 is 9.13 Å². The fourth-order valence-electron chi connectivity index (χ4n) is 3.67. The van der Waals surface area contributed by atoms with Crippen LogP contribution in [0.5, 0.6) is 0 Å². The average Bonchev–Trinajstić information content (AvgIpc) is 2.79. The molecule has 0 saturated heterocycles. The number of aromatic nitrogens is 2. The van der Waals surface area contributed by atoms with Crippen molar-refractivity contribution >= 4 is 0 Å². The van der Waals surface area contributed by atoms with E-state index in [0.29, 0.717) is 11.8 Å². The molecule has 0 aliphatic rings. The van der Waals surface area contributed by atoms with Crippen LogP contribution in [0.2, 0.25) is 0 Å². The van der Waals surface area contributed by atoms with Crippen LogP contribution in [0, 0.1) is 0 Å². The zero-order chi connectivity index (χ0) is 21.1. The number of pyridine rings is 2. The molecular weight excluding hydrogens is 364 g/mol. The quantitative estimate of drug-likeness (QED) is 0.359. The van der Waals surface area contributed by atoms with Crippen LogP contribution in [0.3, 0.4) is 0 Å². The van der Waals surface area contributed by atoms with E-state index in [2.05, 4.69) is 134 Å². The van der Waals surface area contributed by atoms with E-state index in [1.165, 1.54) is 33.6 Å². The van der Waals surface area contributed by atoms with E-state index in [4.69, 9.17) is 0 Å². The van der Waals surface area contributed by atoms with Crippen molar-refractivity contribution < 1.29 is 9.13 Å². The van der Waals surface area contributed by atoms with E-state index < -0.39 is 0 Å². The summed E-state index contributed by atoms with van der Waals surface area (Å²) in [7, 11) is 0. The van der Waals surface area contributed by atoms with Crippen LogP contribution >= 0.6 is 0 Å². The van der Waals surface area contributed by atoms with E-state index in [-0.39, 0.29) is 0 Å². The van der Waals surface area contributed by atoms with Gasteiger partial charge in [0.2, 0.25) is 11.4 Å². The van der Waals surface area contributed by atoms with Crippen molar-refractivity contribution in [3.8, 4) is 22.5 Å². The van der Waals surface area contributed by atoms with Crippen molar-refractivity contribution in [1.29, 1.82) is 0 Å². The molecule has 0 fully saturated rings. The molecule has 0 aliphatic heterocycles. The largest absolute Gasteiger partial charge is 0.210 e. The van der Waals surface area contributed by atoms with Gasteiger partial charge in [-0.1, -0.05) is 52.0 Å². The van der Waals surface area contributed by atoms with Gasteiger partial charge in [-0.25, -0.2) is 0 Å². The van der Waals surface area contributed by atoms with Crippen LogP contribution in [-0.2, 0) is 0 Å². The average molecular weight is 395 g/mol. The van der Waals surface area contributed by atoms with Crippen molar-refractivity contribution in [2.24, 2.45) is 0 Å². The van der Waals surface area contributed by atoms with Crippen LogP contribution in [-0.4, -0.2) is 0 Å². The molecule has 2 heteroatoms. The summed E-state index contributed by atoms with van der Waals surface area (Å²) in [6.07, 6.45) is 8.56. The fourth-order valence-corrected chi connectivity index (χ4v) is 3.67. The maximum Gasteiger partial charge on any atom is 0.210 e. The molecule has 0 saturated carbocycles. The predicted molar refractivity (Wildman–Crippen MR) is 123 cm³/mol. The SMILES string of the molecule is CC(C)c1cccc(-[n+]2ccc(-c3cc[n+](-c4cccc(C(C)C)c4)cc3)cc2)c1. The Kier molecular flexibility index (Phi) is 5.76. The summed E-state index contributed by atoms with van der Waals surface area (Å²) < 4.78 is 4.35. The second kappa shape index (κ2) is 8.62. The molecule has 0 spiro atoms. The Balaban J connectivity index is 1.57. The second-order valence-electron chi connectivity index (χ2n) is 8.49. The van der Waals surface area contributed by atoms with E-state index in [1.54, 1.807) is 0 Å². The molecule has 0 N–H and O–H groups in total. The van der Waals surface area contributed by atoms with Crippen LogP contribution in [0.4, 0.5) is 0 Å². The first-order chi connectivity index (χ1) is 14.5. The van der Waals surface area contributed by atoms with Gasteiger partial charge in [0, 0.05) is 48.5 Å². The Morgan fingerprint density at radius 3 is 1.20 bits per heavy atom. The molecule has 2 aromatic heterocycles. The minimum atomic E-state index is 0.530. The zero-order valence-electron chi connectivity index (χ0n) is 18.3. The highest BCUT2D eigenvalue weighted by Gasteiger charge is 2.11. The maximum atomic E-state index is 2.26. The van der Waals surface area contributed by atoms with Gasteiger partial charge < -0.3 is 0 Å². The van der Waals surface area contributed by atoms with E-state index in [0.717, 1.165) is 0 Å². The zero-order valence-corrected chi connectivity index (χ0v) is 18.3. The topological polar surface area (TPSA) is 7.76 Å². The summed E-state index contributed by atoms with van der Waals surface area (Å²) in [4.78, 5) is 0. The number of benzene rings is 2. The van der Waals surface area contributed by atoms with Gasteiger partial charge in [0.1, 0.15) is 0 Å². The predicted octanol–water partition coefficient (Wildman–Crippen LogP) is 6.15. The lowest BCUT2D eigenvalue weighted by molar-refractivity contribution is -0.596. The molecule has 0 aliphatic carbocycles. The van der Waals surface area contributed by atoms with E-state index in [1.807, 2.05) is 0 Å². The van der Waals surface area contributed by atoms with Gasteiger partial charge in [-0.3, -0.25) is 0 Å². The molecule has 0 unspecified atom stereocenters. The lowest BCUT2D eigenvalue weighted by Gasteiger charge is -2.06. The summed E-state index contributed by atoms with van der Waals surface area (Å²) in [5, 5.41) is 0. The Labute approximate surface area is 180 Å². The van der Waals surface area contributed by atoms with Gasteiger partial charge in [-0.2, -0.15) is 9.13 Å². The van der Waals surface area contributed by atoms with E-state index >= 15 is 0 Å². The van der Waals surface area contributed by atoms with Gasteiger partial charge in [-0.15, -0.1) is 0 Å². The minimum Gasteiger partial charge on any atom is -0.167 e. The smallest absolute Gasteiger partial charge is 0.167 e. The van der Waals surface area contributed by atoms with Crippen LogP contribution in [0.15, 0.2) is 97.6 Å². The molecular formula is C28H30N2+2. The molecule has 2 heterocycles. The Bertz CT molecular complexity index is 1030. The molecule has 4 aromatic rings. The maximum absolute atomic E-state index is 2.26. The molecule has 2 aromatic carbocycles. The number of hydrogen-bond donors (Lipinski definition) is 0. The third kappa shape index (κ3) is 4.33. The van der Waals surface area contributed by atoms with Crippen LogP contribution in [0.25, 0.3) is 22.5 Å². The van der Waals surface area contributed by atoms with Gasteiger partial charge in [0.05, 0.1) is 0 Å². The Hall–Kier alpha value is -3.26. The summed E-state index contributed by atoms with van der Waals surface area (Å²) in [6, 6.07) is 26.2. The third-order valence-electron chi connectivity index (χ3n) is 5.66. The first kappa shape index (κ1) is 20.0. The normalized spacial score (nSPS) is 11.3. The number of hydrogen-bond acceptors (Lipinski definition) is 0. The molecule has 2 nitrogen and oxygen atoms in total. The van der Waals surface area contributed by atoms with Crippen molar-refractivity contribution in [3.05, 3.63) is 109 Å². The standard InChI is InChI=1S/C28H30N2/c1-21(2)25-7-5-9-27(19-25)29-15-11-23(12-16-29)24-13-17-30(18-14-24)28-10-6-8-26(20-28)22(3)4/h5-22H,1-4H3/q+2. The van der Waals surface area contributed by atoms with Gasteiger partial charge in [0.15, 0.2) is 24.8 Å². The summed E-state index contributed by atoms with van der Waals surface area (Å²) in [6.45, 7) is 8.92. The summed E-state index contributed by atoms with van der Waals surface area (Å²) in [5.74, 6) is 1.06. The molecule has 0 atom stereocenters. The minimum absolute atomic E-state index is 0.530. The molecule has 0 bridgehead atoms. The Morgan fingerprint density at radius 2 is 0.867 bits per heavy atom. The van der Waals surface area contributed by atoms with Gasteiger partial charge in [0.25, 0.3) is 0 Å². The lowest BCUT2D eigenvalue weighted by atomic mass is 10.0. The van der Waals surface area contributed by atoms with Crippen molar-refractivity contribution in [2.75, 3.05) is 0 Å².